The van der Waals surface area contributed by atoms with Crippen molar-refractivity contribution in [1.82, 2.24) is 0 Å². The fraction of sp³-hybridized carbons (Fsp3) is 0. The molecule has 0 aliphatic carbocycles. The smallest absolute Gasteiger partial charge is 0.336 e. The Bertz CT molecular complexity index is 820. The fourth-order valence-corrected chi connectivity index (χ4v) is 2.09. The molecule has 0 amide bonds. The van der Waals surface area contributed by atoms with E-state index in [1.54, 1.807) is 0 Å². The van der Waals surface area contributed by atoms with Crippen LogP contribution in [0, 0.1) is 0 Å². The number of phenols is 4. The number of phenolic OH excluding ortho intramolecular Hbond substituents is 4. The van der Waals surface area contributed by atoms with Crippen molar-refractivity contribution < 1.29 is 30.3 Å². The van der Waals surface area contributed by atoms with Crippen LogP contribution in [-0.4, -0.2) is 31.5 Å². The van der Waals surface area contributed by atoms with Crippen LogP contribution in [0.1, 0.15) is 16.7 Å². The van der Waals surface area contributed by atoms with Gasteiger partial charge in [0.1, 0.15) is 0 Å². The van der Waals surface area contributed by atoms with Gasteiger partial charge in [-0.25, -0.2) is 4.79 Å². The fourth-order valence-electron chi connectivity index (χ4n) is 2.09. The van der Waals surface area contributed by atoms with E-state index < -0.39 is 23.2 Å². The van der Waals surface area contributed by atoms with Crippen LogP contribution in [0.15, 0.2) is 36.9 Å². The molecule has 118 valence electrons. The summed E-state index contributed by atoms with van der Waals surface area (Å²) in [6, 6.07) is 6.42. The molecule has 0 atom stereocenters. The minimum Gasteiger partial charge on any atom is -0.504 e. The van der Waals surface area contributed by atoms with E-state index in [-0.39, 0.29) is 22.4 Å². The van der Waals surface area contributed by atoms with Gasteiger partial charge in [-0.05, 0) is 35.4 Å². The van der Waals surface area contributed by atoms with E-state index in [4.69, 9.17) is 0 Å². The van der Waals surface area contributed by atoms with Crippen molar-refractivity contribution in [3.63, 3.8) is 0 Å². The molecule has 23 heavy (non-hydrogen) atoms. The summed E-state index contributed by atoms with van der Waals surface area (Å²) in [7, 11) is 0. The molecule has 6 nitrogen and oxygen atoms in total. The Kier molecular flexibility index (Phi) is 4.27. The molecule has 0 aromatic heterocycles. The largest absolute Gasteiger partial charge is 0.504 e. The minimum absolute atomic E-state index is 0.0972. The summed E-state index contributed by atoms with van der Waals surface area (Å²) >= 11 is 0. The van der Waals surface area contributed by atoms with Crippen molar-refractivity contribution in [3.05, 3.63) is 53.6 Å². The lowest BCUT2D eigenvalue weighted by atomic mass is 9.96. The van der Waals surface area contributed by atoms with Crippen LogP contribution in [0.5, 0.6) is 23.0 Å². The third-order valence-corrected chi connectivity index (χ3v) is 3.22. The van der Waals surface area contributed by atoms with Gasteiger partial charge in [0.15, 0.2) is 23.0 Å². The van der Waals surface area contributed by atoms with Crippen LogP contribution < -0.4 is 0 Å². The molecule has 0 fully saturated rings. The highest BCUT2D eigenvalue weighted by atomic mass is 16.4. The number of carbonyl (C=O) groups is 1. The van der Waals surface area contributed by atoms with E-state index in [1.165, 1.54) is 42.5 Å². The molecule has 0 aliphatic rings. The lowest BCUT2D eigenvalue weighted by molar-refractivity contribution is -0.130. The second kappa shape index (κ2) is 6.15. The summed E-state index contributed by atoms with van der Waals surface area (Å²) in [4.78, 5) is 11.6. The van der Waals surface area contributed by atoms with Gasteiger partial charge in [-0.1, -0.05) is 24.8 Å². The summed E-state index contributed by atoms with van der Waals surface area (Å²) in [6.45, 7) is 3.55. The van der Waals surface area contributed by atoms with Crippen molar-refractivity contribution in [1.29, 1.82) is 0 Å². The second-order valence-corrected chi connectivity index (χ2v) is 4.71. The second-order valence-electron chi connectivity index (χ2n) is 4.71. The highest BCUT2D eigenvalue weighted by Crippen LogP contribution is 2.38. The van der Waals surface area contributed by atoms with Crippen LogP contribution >= 0.6 is 0 Å². The molecule has 0 saturated carbocycles. The SMILES string of the molecule is C=Cc1ccc(O)c(O)c1/C(=C\c1ccc(O)c(O)c1)C(=O)O. The van der Waals surface area contributed by atoms with Crippen molar-refractivity contribution in [3.8, 4) is 23.0 Å². The van der Waals surface area contributed by atoms with E-state index in [2.05, 4.69) is 6.58 Å². The Labute approximate surface area is 131 Å². The van der Waals surface area contributed by atoms with Gasteiger partial charge in [0.25, 0.3) is 0 Å². The monoisotopic (exact) mass is 314 g/mol. The molecule has 5 N–H and O–H groups in total. The number of rotatable bonds is 4. The molecular weight excluding hydrogens is 300 g/mol. The highest BCUT2D eigenvalue weighted by molar-refractivity contribution is 6.22. The van der Waals surface area contributed by atoms with Gasteiger partial charge < -0.3 is 25.5 Å². The van der Waals surface area contributed by atoms with Gasteiger partial charge in [0, 0.05) is 5.56 Å². The number of aliphatic carboxylic acids is 1. The summed E-state index contributed by atoms with van der Waals surface area (Å²) in [6.07, 6.45) is 2.54. The van der Waals surface area contributed by atoms with Gasteiger partial charge in [0.2, 0.25) is 0 Å². The molecule has 0 spiro atoms. The first-order valence-electron chi connectivity index (χ1n) is 6.50. The Morgan fingerprint density at radius 2 is 1.61 bits per heavy atom. The quantitative estimate of drug-likeness (QED) is 0.336. The van der Waals surface area contributed by atoms with Crippen LogP contribution in [0.4, 0.5) is 0 Å². The predicted octanol–water partition coefficient (Wildman–Crippen LogP) is 2.78. The zero-order valence-corrected chi connectivity index (χ0v) is 11.9. The topological polar surface area (TPSA) is 118 Å². The molecule has 0 aliphatic heterocycles. The minimum atomic E-state index is -1.35. The van der Waals surface area contributed by atoms with E-state index >= 15 is 0 Å². The van der Waals surface area contributed by atoms with Gasteiger partial charge in [-0.2, -0.15) is 0 Å². The predicted molar refractivity (Wildman–Crippen MR) is 85.1 cm³/mol. The zero-order chi connectivity index (χ0) is 17.1. The summed E-state index contributed by atoms with van der Waals surface area (Å²) in [5.74, 6) is -3.15. The molecule has 2 rings (SSSR count). The molecule has 0 unspecified atom stereocenters. The van der Waals surface area contributed by atoms with Crippen LogP contribution in [0.25, 0.3) is 17.7 Å². The van der Waals surface area contributed by atoms with E-state index in [9.17, 15) is 30.3 Å². The van der Waals surface area contributed by atoms with Crippen molar-refractivity contribution in [2.24, 2.45) is 0 Å². The summed E-state index contributed by atoms with van der Waals surface area (Å²) < 4.78 is 0. The number of hydrogen-bond acceptors (Lipinski definition) is 5. The van der Waals surface area contributed by atoms with Crippen LogP contribution in [-0.2, 0) is 4.79 Å². The Hall–Kier alpha value is -3.41. The lowest BCUT2D eigenvalue weighted by Crippen LogP contribution is -2.02. The number of benzene rings is 2. The third kappa shape index (κ3) is 3.11. The molecule has 6 heteroatoms. The van der Waals surface area contributed by atoms with Crippen LogP contribution in [0.2, 0.25) is 0 Å². The summed E-state index contributed by atoms with van der Waals surface area (Å²) in [5.41, 5.74) is 0.200. The maximum absolute atomic E-state index is 11.6. The van der Waals surface area contributed by atoms with Crippen molar-refractivity contribution >= 4 is 23.7 Å². The first-order valence-corrected chi connectivity index (χ1v) is 6.50. The first kappa shape index (κ1) is 16.0. The molecule has 0 heterocycles. The van der Waals surface area contributed by atoms with E-state index in [0.29, 0.717) is 5.56 Å². The number of carboxylic acid groups (broad SMARTS) is 1. The van der Waals surface area contributed by atoms with Crippen molar-refractivity contribution in [2.75, 3.05) is 0 Å². The number of carboxylic acids is 1. The van der Waals surface area contributed by atoms with Gasteiger partial charge in [-0.3, -0.25) is 0 Å². The van der Waals surface area contributed by atoms with E-state index in [0.717, 1.165) is 0 Å². The first-order chi connectivity index (χ1) is 10.8. The van der Waals surface area contributed by atoms with Gasteiger partial charge >= 0.3 is 5.97 Å². The third-order valence-electron chi connectivity index (χ3n) is 3.22. The Morgan fingerprint density at radius 1 is 0.957 bits per heavy atom. The Morgan fingerprint density at radius 3 is 2.17 bits per heavy atom. The normalized spacial score (nSPS) is 11.2. The Balaban J connectivity index is 2.71. The van der Waals surface area contributed by atoms with E-state index in [1.807, 2.05) is 0 Å². The molecule has 0 radical (unpaired) electrons. The van der Waals surface area contributed by atoms with Gasteiger partial charge in [-0.15, -0.1) is 0 Å². The maximum Gasteiger partial charge on any atom is 0.336 e. The highest BCUT2D eigenvalue weighted by Gasteiger charge is 2.20. The standard InChI is InChI=1S/C17H14O6/c1-2-10-4-6-13(19)16(21)15(10)11(17(22)23)7-9-3-5-12(18)14(20)8-9/h2-8,18-21H,1H2,(H,22,23)/b11-7+. The lowest BCUT2D eigenvalue weighted by Gasteiger charge is -2.11. The number of aromatic hydroxyl groups is 4. The zero-order valence-electron chi connectivity index (χ0n) is 11.9. The average Bonchev–Trinajstić information content (AvgIpc) is 2.51. The molecule has 2 aromatic carbocycles. The van der Waals surface area contributed by atoms with Crippen molar-refractivity contribution in [2.45, 2.75) is 0 Å². The summed E-state index contributed by atoms with van der Waals surface area (Å²) in [5, 5.41) is 47.9. The maximum atomic E-state index is 11.6. The molecular formula is C17H14O6. The molecule has 0 bridgehead atoms. The van der Waals surface area contributed by atoms with Gasteiger partial charge in [0.05, 0.1) is 5.57 Å². The number of hydrogen-bond donors (Lipinski definition) is 5. The molecule has 2 aromatic rings. The molecule has 0 saturated heterocycles. The average molecular weight is 314 g/mol. The van der Waals surface area contributed by atoms with Crippen LogP contribution in [0.3, 0.4) is 0 Å².